The van der Waals surface area contributed by atoms with Crippen LogP contribution in [0, 0.1) is 16.7 Å². The van der Waals surface area contributed by atoms with E-state index < -0.39 is 0 Å². The molecule has 100 valence electrons. The maximum atomic E-state index is 8.84. The summed E-state index contributed by atoms with van der Waals surface area (Å²) in [6.45, 7) is 4.70. The van der Waals surface area contributed by atoms with Crippen LogP contribution in [0.2, 0.25) is 0 Å². The molecule has 3 rings (SSSR count). The minimum Gasteiger partial charge on any atom is -0.371 e. The van der Waals surface area contributed by atoms with E-state index in [1.165, 1.54) is 44.5 Å². The van der Waals surface area contributed by atoms with Gasteiger partial charge in [0.05, 0.1) is 11.6 Å². The number of piperidine rings is 2. The van der Waals surface area contributed by atoms with Crippen LogP contribution in [0.4, 0.5) is 5.69 Å². The summed E-state index contributed by atoms with van der Waals surface area (Å²) < 4.78 is 0. The predicted octanol–water partition coefficient (Wildman–Crippen LogP) is 2.53. The Morgan fingerprint density at radius 1 is 1.00 bits per heavy atom. The van der Waals surface area contributed by atoms with Crippen LogP contribution in [-0.4, -0.2) is 26.2 Å². The van der Waals surface area contributed by atoms with Crippen LogP contribution in [0.1, 0.15) is 31.2 Å². The molecule has 0 unspecified atom stereocenters. The fourth-order valence-corrected chi connectivity index (χ4v) is 3.44. The zero-order chi connectivity index (χ0) is 13.1. The van der Waals surface area contributed by atoms with Crippen LogP contribution in [0.5, 0.6) is 0 Å². The van der Waals surface area contributed by atoms with E-state index in [2.05, 4.69) is 28.4 Å². The number of hydrogen-bond acceptors (Lipinski definition) is 3. The van der Waals surface area contributed by atoms with Gasteiger partial charge in [-0.3, -0.25) is 0 Å². The first-order valence-electron chi connectivity index (χ1n) is 7.27. The third-order valence-electron chi connectivity index (χ3n) is 4.85. The molecule has 2 saturated heterocycles. The molecular weight excluding hydrogens is 234 g/mol. The average Bonchev–Trinajstić information content (AvgIpc) is 2.49. The summed E-state index contributed by atoms with van der Waals surface area (Å²) in [4.78, 5) is 2.47. The second kappa shape index (κ2) is 5.22. The lowest BCUT2D eigenvalue weighted by Gasteiger charge is -2.45. The molecule has 0 amide bonds. The topological polar surface area (TPSA) is 39.1 Å². The second-order valence-electron chi connectivity index (χ2n) is 5.90. The number of anilines is 1. The molecule has 1 aromatic carbocycles. The molecule has 1 spiro atoms. The fourth-order valence-electron chi connectivity index (χ4n) is 3.44. The first-order valence-corrected chi connectivity index (χ1v) is 7.27. The highest BCUT2D eigenvalue weighted by Crippen LogP contribution is 2.40. The Bertz CT molecular complexity index is 456. The molecule has 0 radical (unpaired) electrons. The molecule has 1 aromatic rings. The molecule has 19 heavy (non-hydrogen) atoms. The van der Waals surface area contributed by atoms with Crippen molar-refractivity contribution in [1.29, 1.82) is 5.26 Å². The van der Waals surface area contributed by atoms with E-state index in [4.69, 9.17) is 5.26 Å². The number of benzene rings is 1. The molecular formula is C16H21N3. The standard InChI is InChI=1S/C16H21N3/c17-13-14-1-3-15(4-2-14)19-11-7-16(8-12-19)5-9-18-10-6-16/h1-4,18H,5-12H2. The van der Waals surface area contributed by atoms with Crippen LogP contribution in [-0.2, 0) is 0 Å². The van der Waals surface area contributed by atoms with E-state index in [0.717, 1.165) is 18.7 Å². The van der Waals surface area contributed by atoms with Gasteiger partial charge in [-0.2, -0.15) is 5.26 Å². The third kappa shape index (κ3) is 2.59. The first-order chi connectivity index (χ1) is 9.31. The molecule has 0 saturated carbocycles. The number of nitrogens with one attached hydrogen (secondary N) is 1. The maximum Gasteiger partial charge on any atom is 0.0991 e. The summed E-state index contributed by atoms with van der Waals surface area (Å²) in [5.74, 6) is 0. The molecule has 3 heteroatoms. The van der Waals surface area contributed by atoms with Crippen molar-refractivity contribution in [2.45, 2.75) is 25.7 Å². The van der Waals surface area contributed by atoms with Gasteiger partial charge in [-0.25, -0.2) is 0 Å². The molecule has 2 aliphatic heterocycles. The van der Waals surface area contributed by atoms with Crippen LogP contribution in [0.15, 0.2) is 24.3 Å². The SMILES string of the molecule is N#Cc1ccc(N2CCC3(CCNCC3)CC2)cc1. The van der Waals surface area contributed by atoms with Gasteiger partial charge in [0.25, 0.3) is 0 Å². The van der Waals surface area contributed by atoms with E-state index in [-0.39, 0.29) is 0 Å². The van der Waals surface area contributed by atoms with Crippen molar-refractivity contribution < 1.29 is 0 Å². The number of nitriles is 1. The van der Waals surface area contributed by atoms with Gasteiger partial charge >= 0.3 is 0 Å². The highest BCUT2D eigenvalue weighted by atomic mass is 15.1. The number of rotatable bonds is 1. The predicted molar refractivity (Wildman–Crippen MR) is 77.1 cm³/mol. The summed E-state index contributed by atoms with van der Waals surface area (Å²) in [5.41, 5.74) is 2.62. The minimum atomic E-state index is 0.606. The van der Waals surface area contributed by atoms with Crippen LogP contribution < -0.4 is 10.2 Å². The number of hydrogen-bond donors (Lipinski definition) is 1. The van der Waals surface area contributed by atoms with Gasteiger partial charge in [-0.1, -0.05) is 0 Å². The normalized spacial score (nSPS) is 22.2. The zero-order valence-corrected chi connectivity index (χ0v) is 11.4. The first kappa shape index (κ1) is 12.5. The Labute approximate surface area is 115 Å². The molecule has 2 fully saturated rings. The van der Waals surface area contributed by atoms with Gasteiger partial charge in [0.15, 0.2) is 0 Å². The zero-order valence-electron chi connectivity index (χ0n) is 11.4. The van der Waals surface area contributed by atoms with Crippen molar-refractivity contribution in [3.8, 4) is 6.07 Å². The van der Waals surface area contributed by atoms with Gasteiger partial charge in [0, 0.05) is 18.8 Å². The summed E-state index contributed by atoms with van der Waals surface area (Å²) >= 11 is 0. The quantitative estimate of drug-likeness (QED) is 0.838. The highest BCUT2D eigenvalue weighted by molar-refractivity contribution is 5.50. The molecule has 2 heterocycles. The van der Waals surface area contributed by atoms with Crippen LogP contribution in [0.3, 0.4) is 0 Å². The fraction of sp³-hybridized carbons (Fsp3) is 0.562. The van der Waals surface area contributed by atoms with Crippen LogP contribution in [0.25, 0.3) is 0 Å². The Morgan fingerprint density at radius 3 is 2.21 bits per heavy atom. The summed E-state index contributed by atoms with van der Waals surface area (Å²) in [5, 5.41) is 12.3. The Kier molecular flexibility index (Phi) is 3.44. The Hall–Kier alpha value is -1.53. The number of nitrogens with zero attached hydrogens (tertiary/aromatic N) is 2. The molecule has 1 N–H and O–H groups in total. The smallest absolute Gasteiger partial charge is 0.0991 e. The average molecular weight is 255 g/mol. The molecule has 0 atom stereocenters. The van der Waals surface area contributed by atoms with Gasteiger partial charge in [0.1, 0.15) is 0 Å². The Balaban J connectivity index is 1.64. The van der Waals surface area contributed by atoms with Crippen molar-refractivity contribution >= 4 is 5.69 Å². The molecule has 0 aliphatic carbocycles. The van der Waals surface area contributed by atoms with Gasteiger partial charge in [-0.05, 0) is 68.5 Å². The lowest BCUT2D eigenvalue weighted by atomic mass is 9.71. The highest BCUT2D eigenvalue weighted by Gasteiger charge is 2.35. The van der Waals surface area contributed by atoms with E-state index in [0.29, 0.717) is 5.41 Å². The summed E-state index contributed by atoms with van der Waals surface area (Å²) in [6, 6.07) is 10.2. The Morgan fingerprint density at radius 2 is 1.63 bits per heavy atom. The second-order valence-corrected chi connectivity index (χ2v) is 5.90. The minimum absolute atomic E-state index is 0.606. The lowest BCUT2D eigenvalue weighted by Crippen LogP contribution is -2.45. The maximum absolute atomic E-state index is 8.84. The van der Waals surface area contributed by atoms with Crippen LogP contribution >= 0.6 is 0 Å². The van der Waals surface area contributed by atoms with E-state index in [9.17, 15) is 0 Å². The third-order valence-corrected chi connectivity index (χ3v) is 4.85. The van der Waals surface area contributed by atoms with Crippen molar-refractivity contribution in [3.05, 3.63) is 29.8 Å². The van der Waals surface area contributed by atoms with Gasteiger partial charge in [-0.15, -0.1) is 0 Å². The van der Waals surface area contributed by atoms with E-state index in [1.807, 2.05) is 12.1 Å². The van der Waals surface area contributed by atoms with Crippen molar-refractivity contribution in [3.63, 3.8) is 0 Å². The summed E-state index contributed by atoms with van der Waals surface area (Å²) in [7, 11) is 0. The summed E-state index contributed by atoms with van der Waals surface area (Å²) in [6.07, 6.45) is 5.31. The lowest BCUT2D eigenvalue weighted by molar-refractivity contribution is 0.155. The monoisotopic (exact) mass is 255 g/mol. The molecule has 2 aliphatic rings. The van der Waals surface area contributed by atoms with E-state index >= 15 is 0 Å². The largest absolute Gasteiger partial charge is 0.371 e. The van der Waals surface area contributed by atoms with E-state index in [1.54, 1.807) is 0 Å². The molecule has 0 bridgehead atoms. The van der Waals surface area contributed by atoms with Crippen molar-refractivity contribution in [2.24, 2.45) is 5.41 Å². The van der Waals surface area contributed by atoms with Crippen molar-refractivity contribution in [2.75, 3.05) is 31.1 Å². The van der Waals surface area contributed by atoms with Gasteiger partial charge in [0.2, 0.25) is 0 Å². The molecule has 0 aromatic heterocycles. The van der Waals surface area contributed by atoms with Gasteiger partial charge < -0.3 is 10.2 Å². The molecule has 3 nitrogen and oxygen atoms in total. The van der Waals surface area contributed by atoms with Crippen molar-refractivity contribution in [1.82, 2.24) is 5.32 Å².